The molecule has 0 saturated heterocycles. The van der Waals surface area contributed by atoms with Gasteiger partial charge in [0.25, 0.3) is 0 Å². The second kappa shape index (κ2) is 13.9. The fourth-order valence-electron chi connectivity index (χ4n) is 2.71. The van der Waals surface area contributed by atoms with Gasteiger partial charge >= 0.3 is 26.2 Å². The Kier molecular flexibility index (Phi) is 14.5. The van der Waals surface area contributed by atoms with E-state index in [2.05, 4.69) is 62.5 Å². The summed E-state index contributed by atoms with van der Waals surface area (Å²) in [6.45, 7) is 8.08. The molecule has 3 aromatic carbocycles. The van der Waals surface area contributed by atoms with Gasteiger partial charge in [-0.15, -0.1) is 24.8 Å². The Morgan fingerprint density at radius 2 is 1.62 bits per heavy atom. The normalized spacial score (nSPS) is 9.15. The predicted molar refractivity (Wildman–Crippen MR) is 98.1 cm³/mol. The molecule has 0 atom stereocenters. The van der Waals surface area contributed by atoms with Crippen LogP contribution in [0.15, 0.2) is 73.8 Å². The van der Waals surface area contributed by atoms with E-state index in [1.54, 1.807) is 7.11 Å². The Morgan fingerprint density at radius 3 is 2.15 bits per heavy atom. The number of rotatable bonds is 1. The molecule has 0 saturated carbocycles. The Hall–Kier alpha value is -1.21. The van der Waals surface area contributed by atoms with Gasteiger partial charge in [-0.25, -0.2) is 12.1 Å². The van der Waals surface area contributed by atoms with Crippen LogP contribution >= 0.6 is 0 Å². The van der Waals surface area contributed by atoms with Crippen molar-refractivity contribution < 1.29 is 55.8 Å². The van der Waals surface area contributed by atoms with Gasteiger partial charge in [0.1, 0.15) is 0 Å². The second-order valence-electron chi connectivity index (χ2n) is 5.20. The number of benzene rings is 2. The van der Waals surface area contributed by atoms with Gasteiger partial charge in [-0.05, 0) is 12.0 Å². The van der Waals surface area contributed by atoms with Crippen molar-refractivity contribution in [3.05, 3.63) is 96.6 Å². The van der Waals surface area contributed by atoms with E-state index in [4.69, 9.17) is 4.74 Å². The zero-order valence-corrected chi connectivity index (χ0v) is 19.0. The standard InChI is InChI=1S/C14H11O.C6H7.C2H4.2ClH.Zr/c1-15-13-8-4-6-11-9-10-5-2-3-7-12(10)14(11)13;1-6-4-2-3-5-6;1-2;;;/h2-5,7-8H,9H2,1H3;2-5H,1H3;1-2H2;2*1H;/q2*-1;;;;+4/p-2. The summed E-state index contributed by atoms with van der Waals surface area (Å²) < 4.78 is 5.39. The van der Waals surface area contributed by atoms with Crippen LogP contribution in [0.3, 0.4) is 0 Å². The van der Waals surface area contributed by atoms with Crippen molar-refractivity contribution in [2.75, 3.05) is 7.11 Å². The van der Waals surface area contributed by atoms with Crippen molar-refractivity contribution in [3.63, 3.8) is 0 Å². The molecule has 3 aromatic rings. The average Bonchev–Trinajstić information content (AvgIpc) is 3.23. The maximum absolute atomic E-state index is 5.39. The van der Waals surface area contributed by atoms with Gasteiger partial charge in [-0.2, -0.15) is 29.8 Å². The molecule has 0 aliphatic heterocycles. The summed E-state index contributed by atoms with van der Waals surface area (Å²) in [5, 5.41) is 0. The minimum atomic E-state index is 0. The molecule has 1 aliphatic rings. The summed E-state index contributed by atoms with van der Waals surface area (Å²) in [7, 11) is 1.72. The van der Waals surface area contributed by atoms with Gasteiger partial charge in [0, 0.05) is 5.75 Å². The molecular weight excluding hydrogens is 442 g/mol. The molecule has 1 nitrogen and oxygen atoms in total. The molecule has 26 heavy (non-hydrogen) atoms. The number of aryl methyl sites for hydroxylation is 1. The van der Waals surface area contributed by atoms with Gasteiger partial charge in [-0.1, -0.05) is 42.3 Å². The number of halogens is 2. The maximum Gasteiger partial charge on any atom is 4.00 e. The summed E-state index contributed by atoms with van der Waals surface area (Å²) in [5.74, 6) is 0.952. The average molecular weight is 465 g/mol. The van der Waals surface area contributed by atoms with Crippen molar-refractivity contribution >= 4 is 0 Å². The summed E-state index contributed by atoms with van der Waals surface area (Å²) in [6.07, 6.45) is 0.975. The molecule has 0 radical (unpaired) electrons. The summed E-state index contributed by atoms with van der Waals surface area (Å²) in [5.41, 5.74) is 6.47. The van der Waals surface area contributed by atoms with Crippen molar-refractivity contribution in [1.29, 1.82) is 0 Å². The van der Waals surface area contributed by atoms with Crippen LogP contribution in [-0.4, -0.2) is 7.11 Å². The third-order valence-corrected chi connectivity index (χ3v) is 3.74. The van der Waals surface area contributed by atoms with E-state index < -0.39 is 0 Å². The van der Waals surface area contributed by atoms with Crippen molar-refractivity contribution in [1.82, 2.24) is 0 Å². The predicted octanol–water partition coefficient (Wildman–Crippen LogP) is -0.412. The molecule has 4 rings (SSSR count). The van der Waals surface area contributed by atoms with E-state index in [-0.39, 0.29) is 51.0 Å². The number of hydrogen-bond acceptors (Lipinski definition) is 1. The van der Waals surface area contributed by atoms with Crippen LogP contribution in [0.4, 0.5) is 0 Å². The molecule has 4 heteroatoms. The number of hydrogen-bond donors (Lipinski definition) is 0. The minimum Gasteiger partial charge on any atom is -1.00 e. The quantitative estimate of drug-likeness (QED) is 0.275. The van der Waals surface area contributed by atoms with E-state index in [0.717, 1.165) is 12.2 Å². The van der Waals surface area contributed by atoms with Crippen LogP contribution in [0.25, 0.3) is 11.1 Å². The molecule has 0 aromatic heterocycles. The van der Waals surface area contributed by atoms with Gasteiger partial charge in [-0.3, -0.25) is 0 Å². The van der Waals surface area contributed by atoms with E-state index in [9.17, 15) is 0 Å². The Labute approximate surface area is 188 Å². The molecule has 1 aliphatic carbocycles. The van der Waals surface area contributed by atoms with Crippen molar-refractivity contribution in [2.24, 2.45) is 0 Å². The van der Waals surface area contributed by atoms with Crippen LogP contribution in [0.5, 0.6) is 5.75 Å². The van der Waals surface area contributed by atoms with Crippen LogP contribution in [0.1, 0.15) is 16.7 Å². The molecular formula is C22H22Cl2OZr. The largest absolute Gasteiger partial charge is 4.00 e. The van der Waals surface area contributed by atoms with Gasteiger partial charge < -0.3 is 29.6 Å². The van der Waals surface area contributed by atoms with E-state index in [1.807, 2.05) is 24.3 Å². The summed E-state index contributed by atoms with van der Waals surface area (Å²) in [6, 6.07) is 23.9. The summed E-state index contributed by atoms with van der Waals surface area (Å²) >= 11 is 0. The Morgan fingerprint density at radius 1 is 1.00 bits per heavy atom. The second-order valence-corrected chi connectivity index (χ2v) is 5.20. The Bertz CT molecular complexity index is 755. The molecule has 0 amide bonds. The smallest absolute Gasteiger partial charge is 1.00 e. The SMILES string of the molecule is C=C.COc1cc[c-]c2c1-c1ccccc1C2.C[c-]1cccc1.[Cl-].[Cl-].[Zr+4]. The fraction of sp³-hybridized carbons (Fsp3) is 0.136. The fourth-order valence-corrected chi connectivity index (χ4v) is 2.71. The maximum atomic E-state index is 5.39. The summed E-state index contributed by atoms with van der Waals surface area (Å²) in [4.78, 5) is 0. The molecule has 0 N–H and O–H groups in total. The van der Waals surface area contributed by atoms with Crippen LogP contribution in [0.2, 0.25) is 0 Å². The monoisotopic (exact) mass is 462 g/mol. The van der Waals surface area contributed by atoms with Crippen LogP contribution in [-0.2, 0) is 32.6 Å². The zero-order valence-electron chi connectivity index (χ0n) is 15.1. The molecule has 0 heterocycles. The zero-order chi connectivity index (χ0) is 16.7. The van der Waals surface area contributed by atoms with Crippen LogP contribution < -0.4 is 29.6 Å². The third kappa shape index (κ3) is 6.51. The van der Waals surface area contributed by atoms with E-state index in [0.29, 0.717) is 0 Å². The Balaban J connectivity index is 0. The van der Waals surface area contributed by atoms with Crippen LogP contribution in [0, 0.1) is 13.0 Å². The van der Waals surface area contributed by atoms with E-state index >= 15 is 0 Å². The molecule has 0 spiro atoms. The molecule has 134 valence electrons. The molecule has 0 fully saturated rings. The van der Waals surface area contributed by atoms with Gasteiger partial charge in [0.05, 0.1) is 7.11 Å². The number of methoxy groups -OCH3 is 1. The third-order valence-electron chi connectivity index (χ3n) is 3.74. The van der Waals surface area contributed by atoms with Gasteiger partial charge in [0.2, 0.25) is 0 Å². The van der Waals surface area contributed by atoms with E-state index in [1.165, 1.54) is 27.8 Å². The molecule has 0 unspecified atom stereocenters. The first kappa shape index (κ1) is 27.0. The number of ether oxygens (including phenoxy) is 1. The first-order chi connectivity index (χ1) is 11.3. The first-order valence-electron chi connectivity index (χ1n) is 7.63. The van der Waals surface area contributed by atoms with Crippen molar-refractivity contribution in [3.8, 4) is 16.9 Å². The topological polar surface area (TPSA) is 9.23 Å². The minimum absolute atomic E-state index is 0. The van der Waals surface area contributed by atoms with Crippen molar-refractivity contribution in [2.45, 2.75) is 13.3 Å². The molecule has 0 bridgehead atoms. The number of fused-ring (bicyclic) bond motifs is 3. The van der Waals surface area contributed by atoms with Gasteiger partial charge in [0.15, 0.2) is 0 Å². The first-order valence-corrected chi connectivity index (χ1v) is 7.63.